The normalized spacial score (nSPS) is 10.7. The van der Waals surface area contributed by atoms with Gasteiger partial charge in [0.2, 0.25) is 10.0 Å². The molecule has 0 fully saturated rings. The number of rotatable bonds is 6. The minimum absolute atomic E-state index is 0.178. The number of primary sulfonamides is 1. The molecule has 0 radical (unpaired) electrons. The molecule has 3 aromatic rings. The molecule has 3 rings (SSSR count). The van der Waals surface area contributed by atoms with Crippen LogP contribution >= 0.6 is 8.58 Å². The van der Waals surface area contributed by atoms with E-state index in [0.29, 0.717) is 0 Å². The van der Waals surface area contributed by atoms with Gasteiger partial charge in [0.25, 0.3) is 0 Å². The molecule has 142 valence electrons. The van der Waals surface area contributed by atoms with Gasteiger partial charge >= 0.3 is 0 Å². The lowest BCUT2D eigenvalue weighted by Gasteiger charge is -2.01. The Morgan fingerprint density at radius 3 is 1.67 bits per heavy atom. The second-order valence-corrected chi connectivity index (χ2v) is 9.12. The van der Waals surface area contributed by atoms with Gasteiger partial charge < -0.3 is 0 Å². The standard InChI is InChI=1S/C12H11P.C10H15NO2S/c1-3-7-11(8-4-1)13-12-9-5-2-6-10-12;1-2-3-4-9-5-7-10(8-6-9)14(11,12)13/h1-10,13H;5-8H,2-4H2,1H3,(H2,11,12,13). The van der Waals surface area contributed by atoms with E-state index in [9.17, 15) is 8.42 Å². The van der Waals surface area contributed by atoms with E-state index in [-0.39, 0.29) is 4.90 Å². The Morgan fingerprint density at radius 2 is 1.26 bits per heavy atom. The highest BCUT2D eigenvalue weighted by Crippen LogP contribution is 2.11. The molecule has 5 heteroatoms. The molecule has 0 amide bonds. The Labute approximate surface area is 164 Å². The number of unbranched alkanes of at least 4 members (excludes halogenated alkanes) is 1. The quantitative estimate of drug-likeness (QED) is 0.637. The number of nitrogens with two attached hydrogens (primary N) is 1. The van der Waals surface area contributed by atoms with Crippen LogP contribution in [0.4, 0.5) is 0 Å². The van der Waals surface area contributed by atoms with E-state index in [4.69, 9.17) is 5.14 Å². The maximum atomic E-state index is 10.9. The number of aryl methyl sites for hydroxylation is 1. The van der Waals surface area contributed by atoms with Crippen LogP contribution in [-0.4, -0.2) is 8.42 Å². The molecule has 0 aromatic heterocycles. The highest BCUT2D eigenvalue weighted by Gasteiger charge is 2.06. The molecule has 0 spiro atoms. The average Bonchev–Trinajstić information content (AvgIpc) is 2.68. The first-order valence-corrected chi connectivity index (χ1v) is 11.5. The van der Waals surface area contributed by atoms with Crippen LogP contribution in [0.2, 0.25) is 0 Å². The molecule has 0 saturated heterocycles. The third-order valence-electron chi connectivity index (χ3n) is 3.91. The third kappa shape index (κ3) is 8.04. The van der Waals surface area contributed by atoms with Crippen LogP contribution in [0.1, 0.15) is 25.3 Å². The third-order valence-corrected chi connectivity index (χ3v) is 6.08. The fourth-order valence-corrected chi connectivity index (χ4v) is 4.00. The van der Waals surface area contributed by atoms with Crippen molar-refractivity contribution < 1.29 is 8.42 Å². The maximum Gasteiger partial charge on any atom is 0.238 e. The summed E-state index contributed by atoms with van der Waals surface area (Å²) in [6, 6.07) is 27.9. The molecule has 0 aliphatic rings. The van der Waals surface area contributed by atoms with Gasteiger partial charge in [-0.25, -0.2) is 13.6 Å². The summed E-state index contributed by atoms with van der Waals surface area (Å²) in [5.41, 5.74) is 1.15. The van der Waals surface area contributed by atoms with E-state index in [1.165, 1.54) is 10.6 Å². The topological polar surface area (TPSA) is 60.2 Å². The highest BCUT2D eigenvalue weighted by atomic mass is 32.2. The smallest absolute Gasteiger partial charge is 0.225 e. The van der Waals surface area contributed by atoms with E-state index >= 15 is 0 Å². The van der Waals surface area contributed by atoms with Gasteiger partial charge in [-0.05, 0) is 41.1 Å². The van der Waals surface area contributed by atoms with Gasteiger partial charge in [-0.15, -0.1) is 0 Å². The Hall–Kier alpha value is -2.00. The molecule has 3 aromatic carbocycles. The largest absolute Gasteiger partial charge is 0.238 e. The van der Waals surface area contributed by atoms with Crippen LogP contribution < -0.4 is 15.7 Å². The SMILES string of the molecule is CCCCc1ccc(S(N)(=O)=O)cc1.c1ccc(Pc2ccccc2)cc1. The zero-order valence-electron chi connectivity index (χ0n) is 15.5. The predicted molar refractivity (Wildman–Crippen MR) is 117 cm³/mol. The van der Waals surface area contributed by atoms with Crippen molar-refractivity contribution in [3.8, 4) is 0 Å². The number of benzene rings is 3. The lowest BCUT2D eigenvalue weighted by molar-refractivity contribution is 0.597. The molecule has 0 bridgehead atoms. The van der Waals surface area contributed by atoms with Crippen molar-refractivity contribution >= 4 is 29.2 Å². The number of hydrogen-bond acceptors (Lipinski definition) is 2. The summed E-state index contributed by atoms with van der Waals surface area (Å²) in [7, 11) is -2.76. The Kier molecular flexibility index (Phi) is 8.66. The van der Waals surface area contributed by atoms with Crippen molar-refractivity contribution in [3.63, 3.8) is 0 Å². The summed E-state index contributed by atoms with van der Waals surface area (Å²) in [6.45, 7) is 2.12. The van der Waals surface area contributed by atoms with Crippen LogP contribution in [0.25, 0.3) is 0 Å². The Balaban J connectivity index is 0.000000194. The van der Waals surface area contributed by atoms with E-state index in [1.54, 1.807) is 12.1 Å². The fraction of sp³-hybridized carbons (Fsp3) is 0.182. The minimum Gasteiger partial charge on any atom is -0.225 e. The van der Waals surface area contributed by atoms with Gasteiger partial charge in [0, 0.05) is 0 Å². The molecule has 0 aliphatic heterocycles. The molecular formula is C22H26NO2PS. The monoisotopic (exact) mass is 399 g/mol. The van der Waals surface area contributed by atoms with Crippen LogP contribution in [-0.2, 0) is 16.4 Å². The zero-order chi connectivity index (χ0) is 19.5. The van der Waals surface area contributed by atoms with Gasteiger partial charge in [-0.3, -0.25) is 0 Å². The van der Waals surface area contributed by atoms with Crippen LogP contribution in [0.5, 0.6) is 0 Å². The zero-order valence-corrected chi connectivity index (χ0v) is 17.3. The van der Waals surface area contributed by atoms with E-state index < -0.39 is 10.0 Å². The molecule has 3 nitrogen and oxygen atoms in total. The molecule has 0 unspecified atom stereocenters. The molecule has 0 atom stereocenters. The second-order valence-electron chi connectivity index (χ2n) is 6.15. The van der Waals surface area contributed by atoms with Crippen LogP contribution in [0.3, 0.4) is 0 Å². The van der Waals surface area contributed by atoms with Crippen molar-refractivity contribution in [2.45, 2.75) is 31.1 Å². The van der Waals surface area contributed by atoms with Crippen molar-refractivity contribution in [2.24, 2.45) is 5.14 Å². The van der Waals surface area contributed by atoms with E-state index in [0.717, 1.165) is 33.4 Å². The van der Waals surface area contributed by atoms with Crippen LogP contribution in [0.15, 0.2) is 89.8 Å². The first-order chi connectivity index (χ1) is 13.0. The van der Waals surface area contributed by atoms with Crippen molar-refractivity contribution in [1.29, 1.82) is 0 Å². The summed E-state index contributed by atoms with van der Waals surface area (Å²) in [5.74, 6) is 0. The van der Waals surface area contributed by atoms with Gasteiger partial charge in [0.05, 0.1) is 4.90 Å². The van der Waals surface area contributed by atoms with E-state index in [1.807, 2.05) is 12.1 Å². The highest BCUT2D eigenvalue weighted by molar-refractivity contribution is 7.89. The summed E-state index contributed by atoms with van der Waals surface area (Å²) in [5, 5.41) is 7.77. The van der Waals surface area contributed by atoms with Crippen molar-refractivity contribution in [2.75, 3.05) is 0 Å². The first-order valence-electron chi connectivity index (χ1n) is 8.98. The van der Waals surface area contributed by atoms with Crippen molar-refractivity contribution in [1.82, 2.24) is 0 Å². The van der Waals surface area contributed by atoms with Gasteiger partial charge in [-0.1, -0.05) is 94.7 Å². The van der Waals surface area contributed by atoms with E-state index in [2.05, 4.69) is 67.6 Å². The fourth-order valence-electron chi connectivity index (χ4n) is 2.44. The maximum absolute atomic E-state index is 10.9. The molecule has 2 N–H and O–H groups in total. The minimum atomic E-state index is -3.54. The van der Waals surface area contributed by atoms with Gasteiger partial charge in [-0.2, -0.15) is 0 Å². The summed E-state index contributed by atoms with van der Waals surface area (Å²) in [6.07, 6.45) is 3.24. The van der Waals surface area contributed by atoms with Gasteiger partial charge in [0.1, 0.15) is 0 Å². The second kappa shape index (κ2) is 11.0. The first kappa shape index (κ1) is 21.3. The van der Waals surface area contributed by atoms with Crippen molar-refractivity contribution in [3.05, 3.63) is 90.5 Å². The number of sulfonamides is 1. The summed E-state index contributed by atoms with van der Waals surface area (Å²) in [4.78, 5) is 0.178. The Bertz CT molecular complexity index is 859. The molecule has 0 heterocycles. The lowest BCUT2D eigenvalue weighted by atomic mass is 10.1. The predicted octanol–water partition coefficient (Wildman–Crippen LogP) is 3.99. The molecule has 0 aliphatic carbocycles. The van der Waals surface area contributed by atoms with Crippen LogP contribution in [0, 0.1) is 0 Å². The van der Waals surface area contributed by atoms with Gasteiger partial charge in [0.15, 0.2) is 0 Å². The molecule has 27 heavy (non-hydrogen) atoms. The lowest BCUT2D eigenvalue weighted by Crippen LogP contribution is -2.11. The molecular weight excluding hydrogens is 373 g/mol. The molecule has 0 saturated carbocycles. The number of hydrogen-bond donors (Lipinski definition) is 1. The summed E-state index contributed by atoms with van der Waals surface area (Å²) >= 11 is 0. The summed E-state index contributed by atoms with van der Waals surface area (Å²) < 4.78 is 21.9. The average molecular weight is 399 g/mol. The Morgan fingerprint density at radius 1 is 0.778 bits per heavy atom.